The van der Waals surface area contributed by atoms with Gasteiger partial charge in [0.05, 0.1) is 14.7 Å². The van der Waals surface area contributed by atoms with Crippen molar-refractivity contribution in [3.8, 4) is 5.75 Å². The summed E-state index contributed by atoms with van der Waals surface area (Å²) >= 11 is 0. The van der Waals surface area contributed by atoms with E-state index in [0.717, 1.165) is 5.75 Å². The minimum Gasteiger partial charge on any atom is -0.497 e. The van der Waals surface area contributed by atoms with E-state index in [-0.39, 0.29) is 8.31 Å². The van der Waals surface area contributed by atoms with Gasteiger partial charge in [0, 0.05) is 8.31 Å². The Hall–Kier alpha value is -0.546. The summed E-state index contributed by atoms with van der Waals surface area (Å²) in [5, 5.41) is 1.47. The molecule has 1 aromatic carbocycles. The highest BCUT2D eigenvalue weighted by Gasteiger charge is 2.30. The Morgan fingerprint density at radius 2 is 1.71 bits per heavy atom. The van der Waals surface area contributed by atoms with Gasteiger partial charge in [-0.25, -0.2) is 0 Å². The Morgan fingerprint density at radius 3 is 2.21 bits per heavy atom. The van der Waals surface area contributed by atoms with Crippen LogP contribution in [0.5, 0.6) is 5.75 Å². The number of hydrogen-bond acceptors (Lipinski definition) is 1. The van der Waals surface area contributed by atoms with Gasteiger partial charge in [-0.2, -0.15) is 0 Å². The van der Waals surface area contributed by atoms with Gasteiger partial charge in [0.15, 0.2) is 0 Å². The molecule has 0 amide bonds. The minimum atomic E-state index is -1.25. The summed E-state index contributed by atoms with van der Waals surface area (Å²) in [6.45, 7) is 9.70. The molecular weight excluding hydrogens is 204 g/mol. The van der Waals surface area contributed by atoms with E-state index in [1.165, 1.54) is 5.19 Å². The van der Waals surface area contributed by atoms with Gasteiger partial charge in [-0.3, -0.25) is 0 Å². The molecule has 0 unspecified atom stereocenters. The number of hydrogen-bond donors (Lipinski definition) is 0. The van der Waals surface area contributed by atoms with Crippen LogP contribution in [0.3, 0.4) is 0 Å². The number of para-hydroxylation sites is 1. The Balaban J connectivity index is 3.17. The average molecular weight is 223 g/mol. The molecule has 1 nitrogen and oxygen atoms in total. The third kappa shape index (κ3) is 2.09. The van der Waals surface area contributed by atoms with E-state index < -0.39 is 7.59 Å². The summed E-state index contributed by atoms with van der Waals surface area (Å²) < 4.78 is 5.43. The lowest BCUT2D eigenvalue weighted by Gasteiger charge is -2.28. The molecule has 0 aliphatic heterocycles. The Morgan fingerprint density at radius 1 is 1.14 bits per heavy atom. The molecule has 1 rings (SSSR count). The third-order valence-corrected chi connectivity index (χ3v) is 15.6. The second kappa shape index (κ2) is 4.32. The molecule has 0 aliphatic carbocycles. The van der Waals surface area contributed by atoms with Gasteiger partial charge in [-0.05, 0) is 11.3 Å². The molecule has 0 spiro atoms. The summed E-state index contributed by atoms with van der Waals surface area (Å²) in [5.74, 6) is 1.08. The molecule has 77 valence electrons. The van der Waals surface area contributed by atoms with Crippen molar-refractivity contribution in [1.29, 1.82) is 0 Å². The second-order valence-corrected chi connectivity index (χ2v) is 16.9. The van der Waals surface area contributed by atoms with E-state index in [1.54, 1.807) is 7.11 Å². The van der Waals surface area contributed by atoms with Crippen LogP contribution >= 0.6 is 0 Å². The maximum atomic E-state index is 5.43. The SMILES string of the molecule is COc1ccccc1[Si](C)(C)[Si](C)C. The van der Waals surface area contributed by atoms with Crippen molar-refractivity contribution in [2.24, 2.45) is 0 Å². The molecule has 0 N–H and O–H groups in total. The normalized spacial score (nSPS) is 11.9. The maximum absolute atomic E-state index is 5.43. The zero-order valence-corrected chi connectivity index (χ0v) is 11.7. The fourth-order valence-electron chi connectivity index (χ4n) is 1.43. The van der Waals surface area contributed by atoms with Crippen LogP contribution in [0.1, 0.15) is 0 Å². The summed E-state index contributed by atoms with van der Waals surface area (Å²) in [4.78, 5) is 0. The molecule has 1 aromatic rings. The van der Waals surface area contributed by atoms with Crippen LogP contribution in [0.2, 0.25) is 26.2 Å². The predicted molar refractivity (Wildman–Crippen MR) is 67.6 cm³/mol. The summed E-state index contributed by atoms with van der Waals surface area (Å²) in [6, 6.07) is 8.49. The van der Waals surface area contributed by atoms with Crippen LogP contribution in [0.15, 0.2) is 24.3 Å². The van der Waals surface area contributed by atoms with Crippen molar-refractivity contribution in [3.63, 3.8) is 0 Å². The van der Waals surface area contributed by atoms with Crippen LogP contribution in [-0.4, -0.2) is 23.0 Å². The molecule has 0 bridgehead atoms. The smallest absolute Gasteiger partial charge is 0.117 e. The summed E-state index contributed by atoms with van der Waals surface area (Å²) in [7, 11) is 0.283. The first kappa shape index (κ1) is 11.5. The molecule has 0 fully saturated rings. The summed E-state index contributed by atoms with van der Waals surface area (Å²) in [5.41, 5.74) is 0. The van der Waals surface area contributed by atoms with Crippen molar-refractivity contribution >= 4 is 21.1 Å². The molecular formula is C11H19OSi2. The van der Waals surface area contributed by atoms with Gasteiger partial charge in [0.1, 0.15) is 5.75 Å². The first-order valence-corrected chi connectivity index (χ1v) is 11.4. The number of ether oxygens (including phenoxy) is 1. The number of benzene rings is 1. The van der Waals surface area contributed by atoms with Crippen molar-refractivity contribution in [2.45, 2.75) is 26.2 Å². The van der Waals surface area contributed by atoms with E-state index in [2.05, 4.69) is 44.4 Å². The lowest BCUT2D eigenvalue weighted by molar-refractivity contribution is 0.418. The Labute approximate surface area is 89.5 Å². The highest BCUT2D eigenvalue weighted by atomic mass is 29.2. The number of methoxy groups -OCH3 is 1. The van der Waals surface area contributed by atoms with Crippen LogP contribution in [0, 0.1) is 0 Å². The van der Waals surface area contributed by atoms with Crippen LogP contribution in [0.4, 0.5) is 0 Å². The first-order chi connectivity index (χ1) is 6.50. The van der Waals surface area contributed by atoms with Crippen LogP contribution in [-0.2, 0) is 0 Å². The van der Waals surface area contributed by atoms with Gasteiger partial charge in [0.25, 0.3) is 0 Å². The van der Waals surface area contributed by atoms with E-state index >= 15 is 0 Å². The third-order valence-electron chi connectivity index (χ3n) is 3.03. The lowest BCUT2D eigenvalue weighted by Crippen LogP contribution is -2.53. The molecule has 0 saturated heterocycles. The lowest BCUT2D eigenvalue weighted by atomic mass is 10.3. The van der Waals surface area contributed by atoms with Crippen molar-refractivity contribution in [3.05, 3.63) is 24.3 Å². The molecule has 0 aliphatic rings. The maximum Gasteiger partial charge on any atom is 0.117 e. The van der Waals surface area contributed by atoms with Gasteiger partial charge >= 0.3 is 0 Å². The zero-order chi connectivity index (χ0) is 10.8. The van der Waals surface area contributed by atoms with Gasteiger partial charge in [-0.15, -0.1) is 0 Å². The first-order valence-electron chi connectivity index (χ1n) is 4.94. The second-order valence-electron chi connectivity index (χ2n) is 4.33. The van der Waals surface area contributed by atoms with Crippen LogP contribution < -0.4 is 9.92 Å². The largest absolute Gasteiger partial charge is 0.497 e. The topological polar surface area (TPSA) is 9.23 Å². The minimum absolute atomic E-state index is 0.236. The molecule has 14 heavy (non-hydrogen) atoms. The molecule has 0 heterocycles. The van der Waals surface area contributed by atoms with Gasteiger partial charge < -0.3 is 4.74 Å². The van der Waals surface area contributed by atoms with E-state index in [9.17, 15) is 0 Å². The average Bonchev–Trinajstić information content (AvgIpc) is 2.17. The van der Waals surface area contributed by atoms with E-state index in [1.807, 2.05) is 6.07 Å². The molecule has 1 radical (unpaired) electrons. The quantitative estimate of drug-likeness (QED) is 0.715. The van der Waals surface area contributed by atoms with Crippen molar-refractivity contribution in [1.82, 2.24) is 0 Å². The van der Waals surface area contributed by atoms with Crippen LogP contribution in [0.25, 0.3) is 0 Å². The highest BCUT2D eigenvalue weighted by molar-refractivity contribution is 7.37. The predicted octanol–water partition coefficient (Wildman–Crippen LogP) is 2.44. The van der Waals surface area contributed by atoms with Gasteiger partial charge in [-0.1, -0.05) is 44.4 Å². The Kier molecular flexibility index (Phi) is 3.55. The van der Waals surface area contributed by atoms with E-state index in [4.69, 9.17) is 4.74 Å². The summed E-state index contributed by atoms with van der Waals surface area (Å²) in [6.07, 6.45) is 0. The highest BCUT2D eigenvalue weighted by Crippen LogP contribution is 2.15. The molecule has 0 aromatic heterocycles. The molecule has 0 atom stereocenters. The number of rotatable bonds is 3. The monoisotopic (exact) mass is 223 g/mol. The van der Waals surface area contributed by atoms with Crippen molar-refractivity contribution < 1.29 is 4.74 Å². The zero-order valence-electron chi connectivity index (χ0n) is 9.72. The van der Waals surface area contributed by atoms with E-state index in [0.29, 0.717) is 0 Å². The molecule has 3 heteroatoms. The van der Waals surface area contributed by atoms with Gasteiger partial charge in [0.2, 0.25) is 0 Å². The standard InChI is InChI=1S/C11H19OSi2/c1-12-10-8-6-7-9-11(10)14(4,5)13(2)3/h6-9H,1-5H3. The fraction of sp³-hybridized carbons (Fsp3) is 0.455. The molecule has 0 saturated carbocycles. The van der Waals surface area contributed by atoms with Crippen molar-refractivity contribution in [2.75, 3.05) is 7.11 Å². The fourth-order valence-corrected chi connectivity index (χ4v) is 5.52. The Bertz CT molecular complexity index is 308.